The van der Waals surface area contributed by atoms with E-state index in [2.05, 4.69) is 16.0 Å². The molecule has 0 saturated heterocycles. The molecular weight excluding hydrogens is 384 g/mol. The molecule has 3 atom stereocenters. The first-order chi connectivity index (χ1) is 13.3. The number of hydrogen-bond donors (Lipinski definition) is 7. The van der Waals surface area contributed by atoms with Gasteiger partial charge in [-0.15, -0.1) is 0 Å². The number of carboxylic acid groups (broad SMARTS) is 1. The molecule has 10 N–H and O–H groups in total. The summed E-state index contributed by atoms with van der Waals surface area (Å²) in [5.74, 6) is -4.37. The minimum absolute atomic E-state index is 0.132. The Morgan fingerprint density at radius 1 is 0.966 bits per heavy atom. The second-order valence-electron chi connectivity index (χ2n) is 7.33. The Bertz CT molecular complexity index is 618. The van der Waals surface area contributed by atoms with Crippen LogP contribution < -0.4 is 33.2 Å². The van der Waals surface area contributed by atoms with Gasteiger partial charge in [0.2, 0.25) is 23.6 Å². The summed E-state index contributed by atoms with van der Waals surface area (Å²) in [6, 6.07) is -3.67. The standard InChI is InChI=1S/C17H32N6O6/c1-9(21-16(29)17(2,3)20)13(25)23-11(8-12(19)24)14(26)22-10(15(27)28)6-4-5-7-18/h9-11H,4-8,18,20H2,1-3H3,(H2,19,24)(H,21,29)(H,22,26)(H,23,25)(H,27,28)/t9-,10-,11-/m0/s1. The van der Waals surface area contributed by atoms with Gasteiger partial charge in [0.05, 0.1) is 12.0 Å². The molecule has 0 rings (SSSR count). The summed E-state index contributed by atoms with van der Waals surface area (Å²) in [7, 11) is 0. The van der Waals surface area contributed by atoms with E-state index >= 15 is 0 Å². The average Bonchev–Trinajstić information content (AvgIpc) is 2.58. The molecule has 0 radical (unpaired) electrons. The number of primary amides is 1. The Hall–Kier alpha value is -2.73. The molecule has 12 heteroatoms. The third-order valence-electron chi connectivity index (χ3n) is 3.93. The number of aliphatic carboxylic acids is 1. The molecule has 0 aliphatic heterocycles. The van der Waals surface area contributed by atoms with E-state index in [9.17, 15) is 29.1 Å². The van der Waals surface area contributed by atoms with Crippen molar-refractivity contribution in [1.29, 1.82) is 0 Å². The molecule has 4 amide bonds. The van der Waals surface area contributed by atoms with E-state index in [4.69, 9.17) is 17.2 Å². The molecule has 0 aromatic rings. The van der Waals surface area contributed by atoms with Gasteiger partial charge in [-0.2, -0.15) is 0 Å². The second-order valence-corrected chi connectivity index (χ2v) is 7.33. The molecule has 0 spiro atoms. The topological polar surface area (TPSA) is 220 Å². The fourth-order valence-corrected chi connectivity index (χ4v) is 2.18. The van der Waals surface area contributed by atoms with Crippen molar-refractivity contribution in [2.45, 2.75) is 70.1 Å². The predicted molar refractivity (Wildman–Crippen MR) is 104 cm³/mol. The van der Waals surface area contributed by atoms with Crippen molar-refractivity contribution in [3.05, 3.63) is 0 Å². The van der Waals surface area contributed by atoms with Gasteiger partial charge in [0.1, 0.15) is 18.1 Å². The highest BCUT2D eigenvalue weighted by atomic mass is 16.4. The molecule has 0 saturated carbocycles. The zero-order chi connectivity index (χ0) is 22.8. The lowest BCUT2D eigenvalue weighted by Gasteiger charge is -2.24. The van der Waals surface area contributed by atoms with Crippen LogP contribution in [0.1, 0.15) is 46.5 Å². The Balaban J connectivity index is 5.11. The van der Waals surface area contributed by atoms with Crippen LogP contribution in [0.2, 0.25) is 0 Å². The van der Waals surface area contributed by atoms with Gasteiger partial charge in [-0.05, 0) is 46.6 Å². The van der Waals surface area contributed by atoms with Crippen LogP contribution >= 0.6 is 0 Å². The fourth-order valence-electron chi connectivity index (χ4n) is 2.18. The summed E-state index contributed by atoms with van der Waals surface area (Å²) >= 11 is 0. The summed E-state index contributed by atoms with van der Waals surface area (Å²) < 4.78 is 0. The maximum atomic E-state index is 12.4. The van der Waals surface area contributed by atoms with Gasteiger partial charge in [0.15, 0.2) is 0 Å². The van der Waals surface area contributed by atoms with Crippen molar-refractivity contribution < 1.29 is 29.1 Å². The largest absolute Gasteiger partial charge is 0.480 e. The van der Waals surface area contributed by atoms with Crippen molar-refractivity contribution in [2.75, 3.05) is 6.54 Å². The predicted octanol–water partition coefficient (Wildman–Crippen LogP) is -2.71. The second kappa shape index (κ2) is 12.0. The van der Waals surface area contributed by atoms with Crippen molar-refractivity contribution in [1.82, 2.24) is 16.0 Å². The van der Waals surface area contributed by atoms with Gasteiger partial charge in [0.25, 0.3) is 0 Å². The maximum absolute atomic E-state index is 12.4. The third-order valence-corrected chi connectivity index (χ3v) is 3.93. The number of rotatable bonds is 13. The molecule has 0 aromatic carbocycles. The summed E-state index contributed by atoms with van der Waals surface area (Å²) in [5, 5.41) is 16.2. The quantitative estimate of drug-likeness (QED) is 0.156. The Morgan fingerprint density at radius 2 is 1.52 bits per heavy atom. The van der Waals surface area contributed by atoms with Gasteiger partial charge in [-0.1, -0.05) is 0 Å². The monoisotopic (exact) mass is 416 g/mol. The highest BCUT2D eigenvalue weighted by molar-refractivity contribution is 5.96. The van der Waals surface area contributed by atoms with Crippen LogP contribution in [0.5, 0.6) is 0 Å². The van der Waals surface area contributed by atoms with Crippen LogP contribution in [0.3, 0.4) is 0 Å². The minimum atomic E-state index is -1.40. The summed E-state index contributed by atoms with van der Waals surface area (Å²) in [5.41, 5.74) is 14.9. The number of nitrogens with two attached hydrogens (primary N) is 3. The Labute approximate surface area is 169 Å². The van der Waals surface area contributed by atoms with Gasteiger partial charge >= 0.3 is 5.97 Å². The number of carbonyl (C=O) groups is 5. The van der Waals surface area contributed by atoms with Gasteiger partial charge < -0.3 is 38.3 Å². The van der Waals surface area contributed by atoms with E-state index in [1.54, 1.807) is 0 Å². The number of amides is 4. The van der Waals surface area contributed by atoms with Gasteiger partial charge in [0, 0.05) is 0 Å². The summed E-state index contributed by atoms with van der Waals surface area (Å²) in [4.78, 5) is 59.2. The number of carboxylic acids is 1. The highest BCUT2D eigenvalue weighted by Gasteiger charge is 2.30. The first-order valence-corrected chi connectivity index (χ1v) is 9.21. The van der Waals surface area contributed by atoms with E-state index in [0.29, 0.717) is 19.4 Å². The van der Waals surface area contributed by atoms with Crippen molar-refractivity contribution in [2.24, 2.45) is 17.2 Å². The number of nitrogens with one attached hydrogen (secondary N) is 3. The van der Waals surface area contributed by atoms with Gasteiger partial charge in [-0.25, -0.2) is 4.79 Å². The van der Waals surface area contributed by atoms with E-state index in [-0.39, 0.29) is 6.42 Å². The average molecular weight is 416 g/mol. The molecule has 0 bridgehead atoms. The van der Waals surface area contributed by atoms with Crippen LogP contribution in [0.15, 0.2) is 0 Å². The first-order valence-electron chi connectivity index (χ1n) is 9.21. The van der Waals surface area contributed by atoms with Crippen molar-refractivity contribution in [3.63, 3.8) is 0 Å². The fraction of sp³-hybridized carbons (Fsp3) is 0.706. The molecule has 0 unspecified atom stereocenters. The zero-order valence-electron chi connectivity index (χ0n) is 17.0. The lowest BCUT2D eigenvalue weighted by molar-refractivity contribution is -0.142. The van der Waals surface area contributed by atoms with Crippen molar-refractivity contribution in [3.8, 4) is 0 Å². The SMILES string of the molecule is C[C@H](NC(=O)C(C)(C)N)C(=O)N[C@@H](CC(N)=O)C(=O)N[C@@H](CCCCN)C(=O)O. The molecule has 29 heavy (non-hydrogen) atoms. The van der Waals surface area contributed by atoms with Crippen LogP contribution in [0.25, 0.3) is 0 Å². The molecule has 0 aliphatic rings. The maximum Gasteiger partial charge on any atom is 0.326 e. The minimum Gasteiger partial charge on any atom is -0.480 e. The lowest BCUT2D eigenvalue weighted by atomic mass is 10.1. The van der Waals surface area contributed by atoms with Crippen LogP contribution in [-0.2, 0) is 24.0 Å². The first kappa shape index (κ1) is 26.3. The molecule has 0 fully saturated rings. The van der Waals surface area contributed by atoms with Crippen molar-refractivity contribution >= 4 is 29.6 Å². The molecule has 0 heterocycles. The smallest absolute Gasteiger partial charge is 0.326 e. The number of carbonyl (C=O) groups excluding carboxylic acids is 4. The molecule has 0 aliphatic carbocycles. The van der Waals surface area contributed by atoms with Gasteiger partial charge in [-0.3, -0.25) is 19.2 Å². The third kappa shape index (κ3) is 10.4. The van der Waals surface area contributed by atoms with Crippen LogP contribution in [0.4, 0.5) is 0 Å². The van der Waals surface area contributed by atoms with E-state index in [0.717, 1.165) is 0 Å². The molecular formula is C17H32N6O6. The number of unbranched alkanes of at least 4 members (excludes halogenated alkanes) is 1. The normalized spacial score (nSPS) is 14.2. The number of hydrogen-bond acceptors (Lipinski definition) is 7. The summed E-state index contributed by atoms with van der Waals surface area (Å²) in [6.45, 7) is 4.65. The molecule has 12 nitrogen and oxygen atoms in total. The highest BCUT2D eigenvalue weighted by Crippen LogP contribution is 2.03. The Kier molecular flexibility index (Phi) is 10.8. The molecule has 166 valence electrons. The summed E-state index contributed by atoms with van der Waals surface area (Å²) in [6.07, 6.45) is 0.637. The molecule has 0 aromatic heterocycles. The van der Waals surface area contributed by atoms with E-state index in [1.165, 1.54) is 20.8 Å². The Morgan fingerprint density at radius 3 is 1.97 bits per heavy atom. The van der Waals surface area contributed by atoms with E-state index in [1.807, 2.05) is 0 Å². The lowest BCUT2D eigenvalue weighted by Crippen LogP contribution is -2.58. The van der Waals surface area contributed by atoms with E-state index < -0.39 is 59.7 Å². The zero-order valence-corrected chi connectivity index (χ0v) is 17.0. The van der Waals surface area contributed by atoms with Crippen LogP contribution in [-0.4, -0.2) is 64.9 Å². The van der Waals surface area contributed by atoms with Crippen LogP contribution in [0, 0.1) is 0 Å².